The zero-order chi connectivity index (χ0) is 18.0. The van der Waals surface area contributed by atoms with Gasteiger partial charge in [-0.05, 0) is 36.2 Å². The van der Waals surface area contributed by atoms with Crippen LogP contribution in [-0.2, 0) is 10.3 Å². The largest absolute Gasteiger partial charge is 0.399 e. The molecule has 1 saturated heterocycles. The van der Waals surface area contributed by atoms with Crippen molar-refractivity contribution in [3.05, 3.63) is 65.7 Å². The van der Waals surface area contributed by atoms with Crippen LogP contribution in [0.4, 0.5) is 10.5 Å². The molecule has 1 aliphatic rings. The Morgan fingerprint density at radius 1 is 1.08 bits per heavy atom. The van der Waals surface area contributed by atoms with E-state index in [1.54, 1.807) is 36.4 Å². The summed E-state index contributed by atoms with van der Waals surface area (Å²) in [6.07, 6.45) is 0.397. The van der Waals surface area contributed by atoms with Crippen LogP contribution in [0, 0.1) is 0 Å². The lowest BCUT2D eigenvalue weighted by Gasteiger charge is -2.25. The Morgan fingerprint density at radius 3 is 2.32 bits per heavy atom. The van der Waals surface area contributed by atoms with Gasteiger partial charge < -0.3 is 11.1 Å². The molecule has 0 bridgehead atoms. The highest BCUT2D eigenvalue weighted by molar-refractivity contribution is 6.11. The summed E-state index contributed by atoms with van der Waals surface area (Å²) in [5.74, 6) is -0.724. The third kappa shape index (κ3) is 2.87. The number of hydrogen-bond donors (Lipinski definition) is 2. The number of benzene rings is 2. The first-order valence-electron chi connectivity index (χ1n) is 8.06. The van der Waals surface area contributed by atoms with Gasteiger partial charge in [0.2, 0.25) is 0 Å². The second-order valence-corrected chi connectivity index (χ2v) is 5.99. The molecule has 0 aromatic heterocycles. The van der Waals surface area contributed by atoms with Gasteiger partial charge in [-0.25, -0.2) is 4.79 Å². The molecule has 0 spiro atoms. The number of carbonyl (C=O) groups is 3. The van der Waals surface area contributed by atoms with Crippen molar-refractivity contribution >= 4 is 23.4 Å². The van der Waals surface area contributed by atoms with Crippen molar-refractivity contribution in [3.8, 4) is 0 Å². The van der Waals surface area contributed by atoms with E-state index in [4.69, 9.17) is 5.73 Å². The number of nitrogens with zero attached hydrogens (tertiary/aromatic N) is 1. The molecular weight excluding hydrogens is 318 g/mol. The number of hydrogen-bond acceptors (Lipinski definition) is 4. The van der Waals surface area contributed by atoms with Gasteiger partial charge in [-0.1, -0.05) is 37.3 Å². The van der Waals surface area contributed by atoms with Gasteiger partial charge in [0.25, 0.3) is 5.91 Å². The lowest BCUT2D eigenvalue weighted by molar-refractivity contribution is -0.131. The van der Waals surface area contributed by atoms with Gasteiger partial charge >= 0.3 is 6.03 Å². The highest BCUT2D eigenvalue weighted by Crippen LogP contribution is 2.32. The van der Waals surface area contributed by atoms with Crippen molar-refractivity contribution in [1.29, 1.82) is 0 Å². The minimum absolute atomic E-state index is 0.302. The molecule has 1 aliphatic heterocycles. The molecule has 3 amide bonds. The molecule has 3 N–H and O–H groups in total. The summed E-state index contributed by atoms with van der Waals surface area (Å²) >= 11 is 0. The molecule has 2 aromatic rings. The Hall–Kier alpha value is -3.15. The molecule has 2 aromatic carbocycles. The van der Waals surface area contributed by atoms with E-state index in [1.165, 1.54) is 0 Å². The first-order valence-corrected chi connectivity index (χ1v) is 8.06. The van der Waals surface area contributed by atoms with Gasteiger partial charge in [-0.15, -0.1) is 0 Å². The Bertz CT molecular complexity index is 818. The maximum absolute atomic E-state index is 13.0. The first-order chi connectivity index (χ1) is 12.0. The molecule has 0 aliphatic carbocycles. The van der Waals surface area contributed by atoms with E-state index in [2.05, 4.69) is 5.32 Å². The average molecular weight is 337 g/mol. The highest BCUT2D eigenvalue weighted by atomic mass is 16.2. The number of carbonyl (C=O) groups excluding carboxylic acids is 3. The van der Waals surface area contributed by atoms with Gasteiger partial charge in [0.05, 0.1) is 6.54 Å². The third-order valence-electron chi connectivity index (χ3n) is 4.51. The van der Waals surface area contributed by atoms with Gasteiger partial charge in [0, 0.05) is 11.3 Å². The van der Waals surface area contributed by atoms with E-state index in [1.807, 2.05) is 25.1 Å². The van der Waals surface area contributed by atoms with Crippen LogP contribution >= 0.6 is 0 Å². The van der Waals surface area contributed by atoms with Gasteiger partial charge in [-0.3, -0.25) is 14.5 Å². The Balaban J connectivity index is 1.86. The molecule has 1 unspecified atom stereocenters. The third-order valence-corrected chi connectivity index (χ3v) is 4.51. The number of ketones is 1. The fourth-order valence-corrected chi connectivity index (χ4v) is 3.04. The summed E-state index contributed by atoms with van der Waals surface area (Å²) in [5, 5.41) is 2.76. The van der Waals surface area contributed by atoms with Gasteiger partial charge in [0.1, 0.15) is 5.54 Å². The number of nitrogen functional groups attached to an aromatic ring is 1. The monoisotopic (exact) mass is 337 g/mol. The fourth-order valence-electron chi connectivity index (χ4n) is 3.04. The lowest BCUT2D eigenvalue weighted by atomic mass is 9.87. The van der Waals surface area contributed by atoms with E-state index in [0.717, 1.165) is 4.90 Å². The van der Waals surface area contributed by atoms with Crippen LogP contribution in [0.5, 0.6) is 0 Å². The maximum atomic E-state index is 13.0. The van der Waals surface area contributed by atoms with E-state index >= 15 is 0 Å². The molecule has 0 radical (unpaired) electrons. The van der Waals surface area contributed by atoms with Crippen molar-refractivity contribution in [2.24, 2.45) is 0 Å². The number of nitrogens with one attached hydrogen (secondary N) is 1. The maximum Gasteiger partial charge on any atom is 0.325 e. The smallest absolute Gasteiger partial charge is 0.325 e. The molecule has 3 rings (SSSR count). The van der Waals surface area contributed by atoms with Crippen LogP contribution in [0.2, 0.25) is 0 Å². The van der Waals surface area contributed by atoms with Crippen LogP contribution in [0.25, 0.3) is 0 Å². The molecular formula is C19H19N3O3. The van der Waals surface area contributed by atoms with Crippen LogP contribution in [-0.4, -0.2) is 29.2 Å². The molecule has 0 saturated carbocycles. The SMILES string of the molecule is CCC1(c2ccccc2)NC(=O)N(CC(=O)c2ccc(N)cc2)C1=O. The second kappa shape index (κ2) is 6.39. The number of imide groups is 1. The fraction of sp³-hybridized carbons (Fsp3) is 0.211. The number of rotatable bonds is 5. The van der Waals surface area contributed by atoms with Gasteiger partial charge in [-0.2, -0.15) is 0 Å². The molecule has 128 valence electrons. The quantitative estimate of drug-likeness (QED) is 0.497. The summed E-state index contributed by atoms with van der Waals surface area (Å²) < 4.78 is 0. The molecule has 6 heteroatoms. The van der Waals surface area contributed by atoms with E-state index < -0.39 is 17.5 Å². The Morgan fingerprint density at radius 2 is 1.72 bits per heavy atom. The predicted molar refractivity (Wildman–Crippen MR) is 93.8 cm³/mol. The zero-order valence-electron chi connectivity index (χ0n) is 13.9. The van der Waals surface area contributed by atoms with Crippen molar-refractivity contribution in [1.82, 2.24) is 10.2 Å². The summed E-state index contributed by atoms with van der Waals surface area (Å²) in [6, 6.07) is 14.9. The number of nitrogens with two attached hydrogens (primary N) is 1. The van der Waals surface area contributed by atoms with Crippen molar-refractivity contribution in [2.75, 3.05) is 12.3 Å². The summed E-state index contributed by atoms with van der Waals surface area (Å²) in [5.41, 5.74) is 6.14. The minimum Gasteiger partial charge on any atom is -0.399 e. The average Bonchev–Trinajstić information content (AvgIpc) is 2.88. The van der Waals surface area contributed by atoms with Gasteiger partial charge in [0.15, 0.2) is 5.78 Å². The Labute approximate surface area is 145 Å². The predicted octanol–water partition coefficient (Wildman–Crippen LogP) is 2.31. The summed E-state index contributed by atoms with van der Waals surface area (Å²) in [6.45, 7) is 1.53. The molecule has 25 heavy (non-hydrogen) atoms. The number of Topliss-reactive ketones (excluding diaryl/α,β-unsaturated/α-hetero) is 1. The molecule has 1 atom stereocenters. The number of amides is 3. The van der Waals surface area contributed by atoms with Crippen LogP contribution in [0.3, 0.4) is 0 Å². The van der Waals surface area contributed by atoms with Crippen LogP contribution in [0.1, 0.15) is 29.3 Å². The van der Waals surface area contributed by atoms with Crippen LogP contribution < -0.4 is 11.1 Å². The van der Waals surface area contributed by atoms with E-state index in [-0.39, 0.29) is 12.3 Å². The second-order valence-electron chi connectivity index (χ2n) is 5.99. The van der Waals surface area contributed by atoms with Crippen LogP contribution in [0.15, 0.2) is 54.6 Å². The molecule has 1 heterocycles. The van der Waals surface area contributed by atoms with Crippen molar-refractivity contribution in [3.63, 3.8) is 0 Å². The topological polar surface area (TPSA) is 92.5 Å². The number of anilines is 1. The number of urea groups is 1. The first kappa shape index (κ1) is 16.7. The minimum atomic E-state index is -1.13. The highest BCUT2D eigenvalue weighted by Gasteiger charge is 2.51. The normalized spacial score (nSPS) is 19.8. The van der Waals surface area contributed by atoms with Crippen molar-refractivity contribution in [2.45, 2.75) is 18.9 Å². The van der Waals surface area contributed by atoms with E-state index in [9.17, 15) is 14.4 Å². The van der Waals surface area contributed by atoms with Crippen molar-refractivity contribution < 1.29 is 14.4 Å². The standard InChI is InChI=1S/C19H19N3O3/c1-2-19(14-6-4-3-5-7-14)17(24)22(18(25)21-19)12-16(23)13-8-10-15(20)11-9-13/h3-11H,2,12,20H2,1H3,(H,21,25). The lowest BCUT2D eigenvalue weighted by Crippen LogP contribution is -2.43. The summed E-state index contributed by atoms with van der Waals surface area (Å²) in [7, 11) is 0. The Kier molecular flexibility index (Phi) is 4.27. The molecule has 1 fully saturated rings. The zero-order valence-corrected chi connectivity index (χ0v) is 13.9. The molecule has 6 nitrogen and oxygen atoms in total. The summed E-state index contributed by atoms with van der Waals surface area (Å²) in [4.78, 5) is 38.7. The van der Waals surface area contributed by atoms with E-state index in [0.29, 0.717) is 23.2 Å².